The number of primary amides is 1. The number of rotatable bonds is 17. The average molecular weight is 1820 g/mol. The molecule has 15 atom stereocenters. The number of ketones is 2. The highest BCUT2D eigenvalue weighted by Crippen LogP contribution is 2.30. The SMILES string of the molecule is CC(C)C[C@@H]1NC(=O)[C@H](C)NC(=O)[C@H](Cc2ccccc2)NC(=O)[C@H](C)NC(=O)[C@@H]2CCCN2C(=O)[C@H](Cc2c[nH]c3ccccc23)NC(=O)[C@H](CC(C)C)NC(=O)[C@H](CS)NC(=O)[C@H](C)NC(=O)[C@H](Cc2c[nH]c3ccccc23)NC(=O)[C@@H]2CSC(=N2)c2cccc(n2)C[C@@H](C(N)=O)NC(=O)[C@H](CC(C)C)NC(=O)[C@H](Cc2c[nH]c3ccccc23)CC(=O)[C@H](CO)CC1=O. The van der Waals surface area contributed by atoms with Crippen LogP contribution in [0, 0.1) is 29.6 Å². The number of benzene rings is 4. The van der Waals surface area contributed by atoms with Gasteiger partial charge in [-0.15, -0.1) is 11.8 Å². The standard InChI is InChI=1S/C94H118N18O16S2/c1-49(2)33-69-80(115)41-60(46-113)79(114)40-56(37-57-43-96-65-27-16-13-24-62(57)65)85(120)106-71(34-50(3)4)88(123)104-70(81(95)116)42-61-23-19-30-68(102-61)93-111-77(48-130-93)91(126)108-74(38-58-44-97-66-28-17-14-25-63(58)66)87(122)100-53(8)84(119)110-76(47-129)90(125)107-72(35-51(5)6)89(124)109-75(39-59-45-98-67-29-18-15-26-64(59)67)94(128)112-32-20-31-78(112)92(127)101-54(9)83(118)105-73(36-55-21-11-10-12-22-55)86(121)99-52(7)82(117)103-69/h10-19,21-30,43-45,49-54,56,60,69-78,96-98,113,129H,20,31-42,46-48H2,1-9H3,(H2,95,116)(H,99,121)(H,100,122)(H,101,127)(H,103,117)(H,104,123)(H,105,118)(H,106,120)(H,107,125)(H,108,126)(H,109,124)(H,110,119)/t52-,53-,54-,56+,60-,69-,70-,71-,72-,73-,74-,75-,76-,77-,78-/m0/s1. The van der Waals surface area contributed by atoms with Crippen LogP contribution in [0.3, 0.4) is 0 Å². The summed E-state index contributed by atoms with van der Waals surface area (Å²) in [5.74, 6) is -15.2. The molecule has 130 heavy (non-hydrogen) atoms. The number of nitrogens with one attached hydrogen (secondary N) is 14. The van der Waals surface area contributed by atoms with Gasteiger partial charge in [0.25, 0.3) is 0 Å². The van der Waals surface area contributed by atoms with Gasteiger partial charge in [0.15, 0.2) is 5.78 Å². The molecule has 692 valence electrons. The number of thiol groups is 1. The van der Waals surface area contributed by atoms with Crippen LogP contribution in [0.15, 0.2) is 145 Å². The van der Waals surface area contributed by atoms with Crippen LogP contribution in [0.2, 0.25) is 0 Å². The van der Waals surface area contributed by atoms with Crippen molar-refractivity contribution in [1.82, 2.24) is 83.3 Å². The Labute approximate surface area is 763 Å². The lowest BCUT2D eigenvalue weighted by Crippen LogP contribution is -2.60. The van der Waals surface area contributed by atoms with Gasteiger partial charge in [0.2, 0.25) is 76.8 Å². The zero-order valence-corrected chi connectivity index (χ0v) is 76.0. The number of aromatic amines is 3. The number of nitrogens with zero attached hydrogens (tertiary/aromatic N) is 3. The van der Waals surface area contributed by atoms with E-state index in [9.17, 15) is 62.6 Å². The fourth-order valence-corrected chi connectivity index (χ4v) is 17.7. The number of hydrogen-bond acceptors (Lipinski definition) is 20. The normalized spacial score (nSPS) is 25.3. The maximum absolute atomic E-state index is 15.4. The molecule has 4 aromatic heterocycles. The molecule has 34 nitrogen and oxygen atoms in total. The first kappa shape index (κ1) is 98.0. The van der Waals surface area contributed by atoms with E-state index in [0.29, 0.717) is 39.4 Å². The number of carbonyl (C=O) groups excluding carboxylic acids is 15. The Bertz CT molecular complexity index is 5500. The highest BCUT2D eigenvalue weighted by Gasteiger charge is 2.43. The third kappa shape index (κ3) is 26.1. The van der Waals surface area contributed by atoms with Crippen LogP contribution < -0.4 is 64.2 Å². The number of Topliss-reactive ketones (excluding diaryl/α,β-unsaturated/α-hetero) is 2. The van der Waals surface area contributed by atoms with E-state index >= 15 is 14.4 Å². The van der Waals surface area contributed by atoms with Gasteiger partial charge >= 0.3 is 0 Å². The summed E-state index contributed by atoms with van der Waals surface area (Å²) in [7, 11) is 0. The Morgan fingerprint density at radius 2 is 0.892 bits per heavy atom. The molecule has 4 aromatic carbocycles. The molecule has 13 amide bonds. The highest BCUT2D eigenvalue weighted by atomic mass is 32.2. The first-order chi connectivity index (χ1) is 62.1. The maximum atomic E-state index is 15.4. The van der Waals surface area contributed by atoms with Crippen molar-refractivity contribution in [1.29, 1.82) is 0 Å². The number of hydrogen-bond donors (Lipinski definition) is 17. The topological polar surface area (TPSA) is 510 Å². The lowest BCUT2D eigenvalue weighted by atomic mass is 9.85. The summed E-state index contributed by atoms with van der Waals surface area (Å²) in [6.45, 7) is 14.2. The van der Waals surface area contributed by atoms with Gasteiger partial charge < -0.3 is 89.2 Å². The molecule has 36 heteroatoms. The molecule has 3 aliphatic heterocycles. The van der Waals surface area contributed by atoms with Crippen molar-refractivity contribution in [2.75, 3.05) is 24.7 Å². The fourth-order valence-electron chi connectivity index (χ4n) is 16.4. The predicted octanol–water partition coefficient (Wildman–Crippen LogP) is 3.99. The summed E-state index contributed by atoms with van der Waals surface area (Å²) in [4.78, 5) is 240. The second-order valence-corrected chi connectivity index (χ2v) is 36.5. The van der Waals surface area contributed by atoms with Crippen LogP contribution in [-0.2, 0) is 104 Å². The molecule has 0 aliphatic carbocycles. The van der Waals surface area contributed by atoms with E-state index in [4.69, 9.17) is 15.7 Å². The summed E-state index contributed by atoms with van der Waals surface area (Å²) >= 11 is 5.63. The molecule has 1 fully saturated rings. The average Bonchev–Trinajstić information content (AvgIpc) is 1.66. The number of carbonyl (C=O) groups is 15. The second kappa shape index (κ2) is 45.6. The van der Waals surface area contributed by atoms with Gasteiger partial charge in [-0.05, 0) is 130 Å². The molecule has 1 saturated heterocycles. The zero-order chi connectivity index (χ0) is 93.7. The van der Waals surface area contributed by atoms with Crippen molar-refractivity contribution >= 4 is 151 Å². The number of H-pyrrole nitrogens is 3. The second-order valence-electron chi connectivity index (χ2n) is 35.1. The van der Waals surface area contributed by atoms with Crippen molar-refractivity contribution in [2.45, 2.75) is 218 Å². The Morgan fingerprint density at radius 1 is 0.454 bits per heavy atom. The minimum atomic E-state index is -1.42. The number of aliphatic imine (C=N–C) groups is 1. The number of amides is 13. The molecular formula is C94H118N18O16S2. The van der Waals surface area contributed by atoms with Crippen molar-refractivity contribution in [3.8, 4) is 0 Å². The van der Waals surface area contributed by atoms with Crippen molar-refractivity contribution in [3.05, 3.63) is 174 Å². The molecule has 4 bridgehead atoms. The van der Waals surface area contributed by atoms with E-state index in [1.807, 2.05) is 94.4 Å². The minimum absolute atomic E-state index is 0.0289. The number of aliphatic hydroxyl groups is 1. The lowest BCUT2D eigenvalue weighted by molar-refractivity contribution is -0.142. The lowest BCUT2D eigenvalue weighted by Gasteiger charge is -2.31. The smallest absolute Gasteiger partial charge is 0.246 e. The summed E-state index contributed by atoms with van der Waals surface area (Å²) in [6, 6.07) is 18.2. The molecule has 0 unspecified atom stereocenters. The number of fused-ring (bicyclic) bond motifs is 8. The molecule has 17 N–H and O–H groups in total. The van der Waals surface area contributed by atoms with Crippen molar-refractivity contribution in [3.63, 3.8) is 0 Å². The van der Waals surface area contributed by atoms with E-state index in [-0.39, 0.29) is 99.3 Å². The Hall–Kier alpha value is -12.6. The predicted molar refractivity (Wildman–Crippen MR) is 495 cm³/mol. The van der Waals surface area contributed by atoms with Crippen LogP contribution in [0.4, 0.5) is 0 Å². The largest absolute Gasteiger partial charge is 0.396 e. The summed E-state index contributed by atoms with van der Waals surface area (Å²) in [6.07, 6.45) is 3.92. The van der Waals surface area contributed by atoms with Gasteiger partial charge in [0, 0.05) is 125 Å². The van der Waals surface area contributed by atoms with Crippen LogP contribution in [-0.4, -0.2) is 227 Å². The van der Waals surface area contributed by atoms with Crippen molar-refractivity contribution in [2.24, 2.45) is 40.3 Å². The van der Waals surface area contributed by atoms with E-state index < -0.39 is 198 Å². The molecule has 11 rings (SSSR count). The third-order valence-electron chi connectivity index (χ3n) is 23.5. The number of pyridine rings is 1. The summed E-state index contributed by atoms with van der Waals surface area (Å²) in [5, 5.41) is 43.9. The first-order valence-corrected chi connectivity index (χ1v) is 45.8. The van der Waals surface area contributed by atoms with Gasteiger partial charge in [0.05, 0.1) is 18.3 Å². The van der Waals surface area contributed by atoms with Crippen LogP contribution >= 0.6 is 24.4 Å². The van der Waals surface area contributed by atoms with E-state index in [1.165, 1.54) is 37.4 Å². The van der Waals surface area contributed by atoms with Crippen molar-refractivity contribution < 1.29 is 77.0 Å². The number of aliphatic hydroxyl groups excluding tert-OH is 1. The van der Waals surface area contributed by atoms with Crippen LogP contribution in [0.25, 0.3) is 32.7 Å². The maximum Gasteiger partial charge on any atom is 0.246 e. The molecular weight excluding hydrogens is 1700 g/mol. The molecule has 7 heterocycles. The minimum Gasteiger partial charge on any atom is -0.396 e. The number of para-hydroxylation sites is 3. The molecule has 0 spiro atoms. The summed E-state index contributed by atoms with van der Waals surface area (Å²) < 4.78 is 0. The monoisotopic (exact) mass is 1820 g/mol. The first-order valence-electron chi connectivity index (χ1n) is 44.2. The Kier molecular flexibility index (Phi) is 34.4. The van der Waals surface area contributed by atoms with Gasteiger partial charge in [-0.1, -0.05) is 133 Å². The Morgan fingerprint density at radius 3 is 1.43 bits per heavy atom. The molecule has 0 saturated carbocycles. The molecule has 0 radical (unpaired) electrons. The number of aromatic nitrogens is 4. The third-order valence-corrected chi connectivity index (χ3v) is 24.9. The van der Waals surface area contributed by atoms with Gasteiger partial charge in [-0.2, -0.15) is 12.6 Å². The zero-order valence-electron chi connectivity index (χ0n) is 74.3. The van der Waals surface area contributed by atoms with Crippen LogP contribution in [0.1, 0.15) is 141 Å². The van der Waals surface area contributed by atoms with Gasteiger partial charge in [0.1, 0.15) is 83.3 Å². The molecule has 8 aromatic rings. The fraction of sp³-hybridized carbons (Fsp3) is 0.457. The molecule has 3 aliphatic rings. The van der Waals surface area contributed by atoms with E-state index in [0.717, 1.165) is 32.7 Å². The van der Waals surface area contributed by atoms with Gasteiger partial charge in [-0.25, -0.2) is 0 Å². The Balaban J connectivity index is 0.886. The summed E-state index contributed by atoms with van der Waals surface area (Å²) in [5.41, 5.74) is 11.3. The number of thioether (sulfide) groups is 1. The quantitative estimate of drug-likeness (QED) is 0.0573. The number of nitrogens with two attached hydrogens (primary N) is 1. The van der Waals surface area contributed by atoms with Crippen LogP contribution in [0.5, 0.6) is 0 Å². The van der Waals surface area contributed by atoms with E-state index in [2.05, 4.69) is 86.1 Å². The van der Waals surface area contributed by atoms with E-state index in [1.54, 1.807) is 87.0 Å². The highest BCUT2D eigenvalue weighted by molar-refractivity contribution is 8.14. The van der Waals surface area contributed by atoms with Gasteiger partial charge in [-0.3, -0.25) is 81.9 Å².